The lowest BCUT2D eigenvalue weighted by molar-refractivity contribution is -0.199. The molecule has 0 aliphatic carbocycles. The zero-order valence-corrected chi connectivity index (χ0v) is 9.64. The van der Waals surface area contributed by atoms with Gasteiger partial charge in [-0.1, -0.05) is 28.1 Å². The Labute approximate surface area is 98.5 Å². The van der Waals surface area contributed by atoms with Crippen LogP contribution >= 0.6 is 15.9 Å². The van der Waals surface area contributed by atoms with E-state index in [1.54, 1.807) is 24.3 Å². The fourth-order valence-electron chi connectivity index (χ4n) is 0.994. The Bertz CT molecular complexity index is 359. The highest BCUT2D eigenvalue weighted by atomic mass is 79.9. The van der Waals surface area contributed by atoms with Gasteiger partial charge in [0.05, 0.1) is 6.61 Å². The minimum atomic E-state index is -4.92. The minimum Gasteiger partial charge on any atom is -0.459 e. The molecule has 0 radical (unpaired) electrons. The molecule has 0 aliphatic rings. The van der Waals surface area contributed by atoms with Crippen LogP contribution in [0.3, 0.4) is 0 Å². The molecule has 88 valence electrons. The molecule has 0 saturated heterocycles. The second kappa shape index (κ2) is 5.34. The standard InChI is InChI=1S/C10H8BrF3O2/c11-8-3-1-7(2-4-8)5-6-16-9(15)10(12,13)14/h1-4H,5-6H2. The molecule has 0 fully saturated rings. The third kappa shape index (κ3) is 4.22. The van der Waals surface area contributed by atoms with Crippen molar-refractivity contribution in [2.24, 2.45) is 0 Å². The maximum Gasteiger partial charge on any atom is 0.490 e. The van der Waals surface area contributed by atoms with Gasteiger partial charge in [-0.3, -0.25) is 0 Å². The number of carbonyl (C=O) groups is 1. The Balaban J connectivity index is 2.36. The van der Waals surface area contributed by atoms with E-state index in [1.807, 2.05) is 0 Å². The van der Waals surface area contributed by atoms with E-state index in [9.17, 15) is 18.0 Å². The molecule has 0 aliphatic heterocycles. The van der Waals surface area contributed by atoms with E-state index in [1.165, 1.54) is 0 Å². The quantitative estimate of drug-likeness (QED) is 0.801. The molecule has 0 unspecified atom stereocenters. The second-order valence-electron chi connectivity index (χ2n) is 3.01. The van der Waals surface area contributed by atoms with Crippen molar-refractivity contribution in [3.05, 3.63) is 34.3 Å². The summed E-state index contributed by atoms with van der Waals surface area (Å²) in [5.41, 5.74) is 0.804. The Morgan fingerprint density at radius 3 is 2.31 bits per heavy atom. The predicted octanol–water partition coefficient (Wildman–Crippen LogP) is 3.10. The molecule has 0 spiro atoms. The molecule has 0 N–H and O–H groups in total. The Kier molecular flexibility index (Phi) is 4.35. The van der Waals surface area contributed by atoms with Crippen molar-refractivity contribution in [3.8, 4) is 0 Å². The van der Waals surface area contributed by atoms with Crippen molar-refractivity contribution in [3.63, 3.8) is 0 Å². The van der Waals surface area contributed by atoms with Crippen molar-refractivity contribution >= 4 is 21.9 Å². The third-order valence-corrected chi connectivity index (χ3v) is 2.30. The van der Waals surface area contributed by atoms with E-state index in [0.717, 1.165) is 10.0 Å². The van der Waals surface area contributed by atoms with Crippen LogP contribution in [0.5, 0.6) is 0 Å². The summed E-state index contributed by atoms with van der Waals surface area (Å²) < 4.78 is 40.2. The second-order valence-corrected chi connectivity index (χ2v) is 3.93. The SMILES string of the molecule is O=C(OCCc1ccc(Br)cc1)C(F)(F)F. The maximum absolute atomic E-state index is 11.7. The smallest absolute Gasteiger partial charge is 0.459 e. The highest BCUT2D eigenvalue weighted by Gasteiger charge is 2.40. The lowest BCUT2D eigenvalue weighted by Gasteiger charge is -2.07. The average molecular weight is 297 g/mol. The molecule has 0 aromatic heterocycles. The molecule has 0 saturated carbocycles. The fraction of sp³-hybridized carbons (Fsp3) is 0.300. The topological polar surface area (TPSA) is 26.3 Å². The molecule has 1 aromatic carbocycles. The van der Waals surface area contributed by atoms with Crippen LogP contribution in [-0.4, -0.2) is 18.8 Å². The van der Waals surface area contributed by atoms with Crippen LogP contribution in [-0.2, 0) is 16.0 Å². The van der Waals surface area contributed by atoms with Gasteiger partial charge >= 0.3 is 12.1 Å². The zero-order valence-electron chi connectivity index (χ0n) is 8.05. The molecule has 1 rings (SSSR count). The number of halogens is 4. The van der Waals surface area contributed by atoms with Crippen molar-refractivity contribution in [2.75, 3.05) is 6.61 Å². The number of hydrogen-bond donors (Lipinski definition) is 0. The number of ether oxygens (including phenoxy) is 1. The van der Waals surface area contributed by atoms with Gasteiger partial charge in [-0.25, -0.2) is 4.79 Å². The summed E-state index contributed by atoms with van der Waals surface area (Å²) in [6, 6.07) is 7.01. The number of rotatable bonds is 3. The zero-order chi connectivity index (χ0) is 12.2. The Morgan fingerprint density at radius 2 is 1.81 bits per heavy atom. The van der Waals surface area contributed by atoms with Crippen molar-refractivity contribution in [1.29, 1.82) is 0 Å². The van der Waals surface area contributed by atoms with E-state index in [4.69, 9.17) is 0 Å². The van der Waals surface area contributed by atoms with Crippen molar-refractivity contribution in [2.45, 2.75) is 12.6 Å². The van der Waals surface area contributed by atoms with Crippen LogP contribution in [0.15, 0.2) is 28.7 Å². The first-order valence-electron chi connectivity index (χ1n) is 4.38. The van der Waals surface area contributed by atoms with Gasteiger partial charge in [0.25, 0.3) is 0 Å². The first-order valence-corrected chi connectivity index (χ1v) is 5.17. The lowest BCUT2D eigenvalue weighted by Crippen LogP contribution is -2.26. The van der Waals surface area contributed by atoms with Crippen LogP contribution in [0.4, 0.5) is 13.2 Å². The number of benzene rings is 1. The number of esters is 1. The number of hydrogen-bond acceptors (Lipinski definition) is 2. The van der Waals surface area contributed by atoms with Crippen LogP contribution < -0.4 is 0 Å². The van der Waals surface area contributed by atoms with Crippen LogP contribution in [0, 0.1) is 0 Å². The molecule has 0 amide bonds. The normalized spacial score (nSPS) is 11.2. The van der Waals surface area contributed by atoms with Gasteiger partial charge in [0.2, 0.25) is 0 Å². The fourth-order valence-corrected chi connectivity index (χ4v) is 1.26. The highest BCUT2D eigenvalue weighted by molar-refractivity contribution is 9.10. The summed E-state index contributed by atoms with van der Waals surface area (Å²) in [4.78, 5) is 10.4. The monoisotopic (exact) mass is 296 g/mol. The van der Waals surface area contributed by atoms with E-state index in [-0.39, 0.29) is 13.0 Å². The summed E-state index contributed by atoms with van der Waals surface area (Å²) in [6.07, 6.45) is -4.66. The molecule has 0 atom stereocenters. The highest BCUT2D eigenvalue weighted by Crippen LogP contribution is 2.17. The van der Waals surface area contributed by atoms with Gasteiger partial charge in [-0.2, -0.15) is 13.2 Å². The van der Waals surface area contributed by atoms with E-state index in [0.29, 0.717) is 0 Å². The van der Waals surface area contributed by atoms with Gasteiger partial charge in [0.15, 0.2) is 0 Å². The van der Waals surface area contributed by atoms with Crippen LogP contribution in [0.25, 0.3) is 0 Å². The van der Waals surface area contributed by atoms with E-state index in [2.05, 4.69) is 20.7 Å². The maximum atomic E-state index is 11.7. The average Bonchev–Trinajstić information content (AvgIpc) is 2.19. The molecule has 0 bridgehead atoms. The summed E-state index contributed by atoms with van der Waals surface area (Å²) in [7, 11) is 0. The predicted molar refractivity (Wildman–Crippen MR) is 54.9 cm³/mol. The molecule has 16 heavy (non-hydrogen) atoms. The Morgan fingerprint density at radius 1 is 1.25 bits per heavy atom. The summed E-state index contributed by atoms with van der Waals surface area (Å²) in [5.74, 6) is -2.15. The van der Waals surface area contributed by atoms with Crippen molar-refractivity contribution in [1.82, 2.24) is 0 Å². The van der Waals surface area contributed by atoms with Crippen LogP contribution in [0.2, 0.25) is 0 Å². The lowest BCUT2D eigenvalue weighted by atomic mass is 10.2. The molecule has 0 heterocycles. The number of carbonyl (C=O) groups excluding carboxylic acids is 1. The van der Waals surface area contributed by atoms with Gasteiger partial charge in [-0.05, 0) is 17.7 Å². The van der Waals surface area contributed by atoms with Crippen LogP contribution in [0.1, 0.15) is 5.56 Å². The first-order chi connectivity index (χ1) is 7.39. The van der Waals surface area contributed by atoms with Gasteiger partial charge in [0, 0.05) is 10.9 Å². The third-order valence-electron chi connectivity index (χ3n) is 1.77. The largest absolute Gasteiger partial charge is 0.490 e. The summed E-state index contributed by atoms with van der Waals surface area (Å²) >= 11 is 3.23. The minimum absolute atomic E-state index is 0.259. The van der Waals surface area contributed by atoms with Gasteiger partial charge < -0.3 is 4.74 Å². The molecule has 2 nitrogen and oxygen atoms in total. The summed E-state index contributed by atoms with van der Waals surface area (Å²) in [5, 5.41) is 0. The Hall–Kier alpha value is -1.04. The number of alkyl halides is 3. The molecular weight excluding hydrogens is 289 g/mol. The molecular formula is C10H8BrF3O2. The van der Waals surface area contributed by atoms with Gasteiger partial charge in [0.1, 0.15) is 0 Å². The van der Waals surface area contributed by atoms with Crippen molar-refractivity contribution < 1.29 is 22.7 Å². The first kappa shape index (κ1) is 13.0. The molecule has 6 heteroatoms. The van der Waals surface area contributed by atoms with Gasteiger partial charge in [-0.15, -0.1) is 0 Å². The summed E-state index contributed by atoms with van der Waals surface area (Å²) in [6.45, 7) is -0.278. The van der Waals surface area contributed by atoms with E-state index >= 15 is 0 Å². The van der Waals surface area contributed by atoms with E-state index < -0.39 is 12.1 Å². The molecule has 1 aromatic rings.